The fourth-order valence-corrected chi connectivity index (χ4v) is 3.33. The van der Waals surface area contributed by atoms with E-state index in [0.717, 1.165) is 40.9 Å². The Morgan fingerprint density at radius 2 is 1.79 bits per heavy atom. The number of nitrogens with zero attached hydrogens (tertiary/aromatic N) is 1. The van der Waals surface area contributed by atoms with E-state index >= 15 is 0 Å². The van der Waals surface area contributed by atoms with E-state index in [4.69, 9.17) is 20.2 Å². The second kappa shape index (κ2) is 6.04. The summed E-state index contributed by atoms with van der Waals surface area (Å²) in [5, 5.41) is 0.961. The molecule has 122 valence electrons. The lowest BCUT2D eigenvalue weighted by molar-refractivity contribution is 0.379. The van der Waals surface area contributed by atoms with Gasteiger partial charge >= 0.3 is 0 Å². The lowest BCUT2D eigenvalue weighted by Crippen LogP contribution is -2.09. The summed E-state index contributed by atoms with van der Waals surface area (Å²) in [4.78, 5) is 4.80. The first kappa shape index (κ1) is 14.8. The van der Waals surface area contributed by atoms with Crippen LogP contribution in [0.5, 0.6) is 17.2 Å². The lowest BCUT2D eigenvalue weighted by Gasteiger charge is -2.19. The van der Waals surface area contributed by atoms with Crippen molar-refractivity contribution < 1.29 is 9.47 Å². The van der Waals surface area contributed by atoms with Crippen LogP contribution in [0, 0.1) is 0 Å². The number of rotatable bonds is 3. The van der Waals surface area contributed by atoms with Gasteiger partial charge in [-0.2, -0.15) is 0 Å². The van der Waals surface area contributed by atoms with Crippen molar-refractivity contribution in [2.45, 2.75) is 25.7 Å². The molecule has 0 radical (unpaired) electrons. The Hall–Kier alpha value is -2.75. The van der Waals surface area contributed by atoms with Crippen molar-refractivity contribution in [3.05, 3.63) is 53.7 Å². The highest BCUT2D eigenvalue weighted by molar-refractivity contribution is 5.93. The Morgan fingerprint density at radius 1 is 1.00 bits per heavy atom. The predicted molar refractivity (Wildman–Crippen MR) is 95.9 cm³/mol. The summed E-state index contributed by atoms with van der Waals surface area (Å²) in [6.07, 6.45) is 4.42. The van der Waals surface area contributed by atoms with Gasteiger partial charge in [0.05, 0.1) is 12.6 Å². The van der Waals surface area contributed by atoms with Crippen molar-refractivity contribution in [2.24, 2.45) is 0 Å². The van der Waals surface area contributed by atoms with E-state index in [1.54, 1.807) is 7.11 Å². The molecule has 1 aromatic heterocycles. The molecule has 0 aliphatic heterocycles. The van der Waals surface area contributed by atoms with E-state index in [0.29, 0.717) is 11.5 Å². The molecular formula is C20H20N2O2. The minimum absolute atomic E-state index is 0.684. The van der Waals surface area contributed by atoms with Crippen LogP contribution in [0.3, 0.4) is 0 Å². The van der Waals surface area contributed by atoms with Gasteiger partial charge in [-0.1, -0.05) is 12.1 Å². The molecule has 0 spiro atoms. The molecule has 1 aliphatic carbocycles. The summed E-state index contributed by atoms with van der Waals surface area (Å²) in [6, 6.07) is 13.5. The van der Waals surface area contributed by atoms with Gasteiger partial charge in [0.2, 0.25) is 0 Å². The van der Waals surface area contributed by atoms with Gasteiger partial charge in [-0.15, -0.1) is 0 Å². The molecule has 4 rings (SSSR count). The number of para-hydroxylation sites is 2. The van der Waals surface area contributed by atoms with Gasteiger partial charge in [0.25, 0.3) is 0 Å². The number of anilines is 1. The maximum Gasteiger partial charge on any atom is 0.169 e. The van der Waals surface area contributed by atoms with E-state index in [-0.39, 0.29) is 0 Å². The highest BCUT2D eigenvalue weighted by Crippen LogP contribution is 2.36. The predicted octanol–water partition coefficient (Wildman–Crippen LogP) is 4.50. The van der Waals surface area contributed by atoms with Gasteiger partial charge in [0, 0.05) is 16.8 Å². The average Bonchev–Trinajstić information content (AvgIpc) is 2.63. The maximum atomic E-state index is 6.44. The maximum absolute atomic E-state index is 6.44. The summed E-state index contributed by atoms with van der Waals surface area (Å²) in [5.41, 5.74) is 10.6. The van der Waals surface area contributed by atoms with Crippen LogP contribution in [-0.4, -0.2) is 12.1 Å². The molecule has 3 aromatic rings. The molecule has 0 unspecified atom stereocenters. The second-order valence-corrected chi connectivity index (χ2v) is 6.09. The number of methoxy groups -OCH3 is 1. The van der Waals surface area contributed by atoms with E-state index in [2.05, 4.69) is 0 Å². The molecule has 1 aliphatic rings. The summed E-state index contributed by atoms with van der Waals surface area (Å²) in [5.74, 6) is 2.12. The molecule has 1 heterocycles. The Labute approximate surface area is 141 Å². The molecule has 0 fully saturated rings. The minimum Gasteiger partial charge on any atom is -0.493 e. The number of benzene rings is 2. The minimum atomic E-state index is 0.684. The molecule has 2 aromatic carbocycles. The average molecular weight is 320 g/mol. The van der Waals surface area contributed by atoms with Crippen LogP contribution in [0.1, 0.15) is 24.1 Å². The molecule has 0 bridgehead atoms. The number of aryl methyl sites for hydroxylation is 1. The van der Waals surface area contributed by atoms with Crippen molar-refractivity contribution in [2.75, 3.05) is 12.8 Å². The summed E-state index contributed by atoms with van der Waals surface area (Å²) in [6.45, 7) is 0. The van der Waals surface area contributed by atoms with Crippen LogP contribution in [0.25, 0.3) is 10.9 Å². The van der Waals surface area contributed by atoms with Crippen molar-refractivity contribution in [1.82, 2.24) is 4.98 Å². The zero-order valence-electron chi connectivity index (χ0n) is 13.7. The molecule has 24 heavy (non-hydrogen) atoms. The topological polar surface area (TPSA) is 57.4 Å². The molecule has 2 N–H and O–H groups in total. The van der Waals surface area contributed by atoms with Crippen LogP contribution >= 0.6 is 0 Å². The molecule has 4 nitrogen and oxygen atoms in total. The lowest BCUT2D eigenvalue weighted by atomic mass is 9.93. The standard InChI is InChI=1S/C20H20N2O2/c1-23-18-8-4-5-9-19(18)24-13-10-11-17-15(12-13)20(21)14-6-2-3-7-16(14)22-17/h4-5,8-12H,2-3,6-7H2,1H3,(H2,21,22). The third-order valence-corrected chi connectivity index (χ3v) is 4.57. The Balaban J connectivity index is 1.76. The van der Waals surface area contributed by atoms with Gasteiger partial charge in [-0.3, -0.25) is 4.98 Å². The fraction of sp³-hybridized carbons (Fsp3) is 0.250. The Morgan fingerprint density at radius 3 is 2.62 bits per heavy atom. The molecular weight excluding hydrogens is 300 g/mol. The highest BCUT2D eigenvalue weighted by Gasteiger charge is 2.17. The number of hydrogen-bond donors (Lipinski definition) is 1. The quantitative estimate of drug-likeness (QED) is 0.772. The molecule has 0 atom stereocenters. The van der Waals surface area contributed by atoms with Gasteiger partial charge in [-0.25, -0.2) is 0 Å². The number of hydrogen-bond acceptors (Lipinski definition) is 4. The smallest absolute Gasteiger partial charge is 0.169 e. The normalized spacial score (nSPS) is 13.5. The molecule has 4 heteroatoms. The zero-order valence-corrected chi connectivity index (χ0v) is 13.7. The van der Waals surface area contributed by atoms with Crippen LogP contribution in [0.2, 0.25) is 0 Å². The van der Waals surface area contributed by atoms with E-state index in [1.165, 1.54) is 18.4 Å². The number of aromatic nitrogens is 1. The van der Waals surface area contributed by atoms with Crippen molar-refractivity contribution in [1.29, 1.82) is 0 Å². The Bertz CT molecular complexity index is 906. The first-order valence-corrected chi connectivity index (χ1v) is 8.28. The van der Waals surface area contributed by atoms with Crippen molar-refractivity contribution in [3.8, 4) is 17.2 Å². The van der Waals surface area contributed by atoms with E-state index in [1.807, 2.05) is 42.5 Å². The van der Waals surface area contributed by atoms with Gasteiger partial charge in [-0.05, 0) is 61.6 Å². The molecule has 0 saturated carbocycles. The van der Waals surface area contributed by atoms with Gasteiger partial charge < -0.3 is 15.2 Å². The molecule has 0 amide bonds. The van der Waals surface area contributed by atoms with Crippen LogP contribution in [-0.2, 0) is 12.8 Å². The van der Waals surface area contributed by atoms with Crippen molar-refractivity contribution >= 4 is 16.6 Å². The number of nitrogen functional groups attached to an aromatic ring is 1. The van der Waals surface area contributed by atoms with Crippen LogP contribution in [0.4, 0.5) is 5.69 Å². The number of fused-ring (bicyclic) bond motifs is 2. The van der Waals surface area contributed by atoms with Crippen LogP contribution in [0.15, 0.2) is 42.5 Å². The summed E-state index contributed by atoms with van der Waals surface area (Å²) < 4.78 is 11.3. The van der Waals surface area contributed by atoms with Crippen molar-refractivity contribution in [3.63, 3.8) is 0 Å². The largest absolute Gasteiger partial charge is 0.493 e. The SMILES string of the molecule is COc1ccccc1Oc1ccc2nc3c(c(N)c2c1)CCCC3. The van der Waals surface area contributed by atoms with E-state index in [9.17, 15) is 0 Å². The number of pyridine rings is 1. The summed E-state index contributed by atoms with van der Waals surface area (Å²) >= 11 is 0. The van der Waals surface area contributed by atoms with Gasteiger partial charge in [0.1, 0.15) is 5.75 Å². The zero-order chi connectivity index (χ0) is 16.5. The fourth-order valence-electron chi connectivity index (χ4n) is 3.33. The highest BCUT2D eigenvalue weighted by atomic mass is 16.5. The van der Waals surface area contributed by atoms with Crippen LogP contribution < -0.4 is 15.2 Å². The summed E-state index contributed by atoms with van der Waals surface area (Å²) in [7, 11) is 1.64. The first-order chi connectivity index (χ1) is 11.8. The third kappa shape index (κ3) is 2.54. The number of nitrogens with two attached hydrogens (primary N) is 1. The number of ether oxygens (including phenoxy) is 2. The molecule has 0 saturated heterocycles. The van der Waals surface area contributed by atoms with E-state index < -0.39 is 0 Å². The van der Waals surface area contributed by atoms with Gasteiger partial charge in [0.15, 0.2) is 11.5 Å². The second-order valence-electron chi connectivity index (χ2n) is 6.09. The third-order valence-electron chi connectivity index (χ3n) is 4.57. The Kier molecular flexibility index (Phi) is 3.73. The first-order valence-electron chi connectivity index (χ1n) is 8.28. The monoisotopic (exact) mass is 320 g/mol.